The molecule has 3 fully saturated rings. The summed E-state index contributed by atoms with van der Waals surface area (Å²) in [4.78, 5) is 38.7. The second-order valence-corrected chi connectivity index (χ2v) is 9.26. The van der Waals surface area contributed by atoms with Crippen molar-refractivity contribution in [3.05, 3.63) is 12.2 Å². The number of imidazole rings is 1. The molecular weight excluding hydrogens is 454 g/mol. The van der Waals surface area contributed by atoms with Gasteiger partial charge in [0.25, 0.3) is 0 Å². The van der Waals surface area contributed by atoms with Gasteiger partial charge >= 0.3 is 6.09 Å². The molecule has 0 radical (unpaired) electrons. The molecule has 12 heteroatoms. The van der Waals surface area contributed by atoms with E-state index in [9.17, 15) is 14.7 Å². The number of likely N-dealkylation sites (tertiary alicyclic amines) is 1. The van der Waals surface area contributed by atoms with Crippen molar-refractivity contribution in [3.8, 4) is 11.8 Å². The molecule has 4 N–H and O–H groups in total. The maximum absolute atomic E-state index is 12.4. The van der Waals surface area contributed by atoms with Crippen LogP contribution in [0, 0.1) is 17.8 Å². The van der Waals surface area contributed by atoms with Crippen LogP contribution in [-0.2, 0) is 14.3 Å². The van der Waals surface area contributed by atoms with Crippen molar-refractivity contribution in [2.75, 3.05) is 25.9 Å². The Labute approximate surface area is 202 Å². The molecule has 2 amide bonds. The first-order valence-electron chi connectivity index (χ1n) is 11.9. The van der Waals surface area contributed by atoms with E-state index < -0.39 is 18.4 Å². The molecule has 0 spiro atoms. The monoisotopic (exact) mass is 483 g/mol. The number of aliphatic hydroxyl groups excluding tert-OH is 1. The molecule has 35 heavy (non-hydrogen) atoms. The summed E-state index contributed by atoms with van der Waals surface area (Å²) in [6, 6.07) is 0.213. The number of aromatic nitrogens is 4. The van der Waals surface area contributed by atoms with E-state index in [4.69, 9.17) is 15.2 Å². The number of nitrogen functional groups attached to an aromatic ring is 1. The third-order valence-corrected chi connectivity index (χ3v) is 6.67. The number of amides is 2. The molecule has 4 heterocycles. The Morgan fingerprint density at radius 3 is 2.77 bits per heavy atom. The number of aliphatic hydroxyl groups is 1. The second-order valence-electron chi connectivity index (χ2n) is 9.26. The molecule has 3 atom stereocenters. The molecule has 5 rings (SSSR count). The summed E-state index contributed by atoms with van der Waals surface area (Å²) < 4.78 is 12.2. The standard InChI is InChI=1S/C23H29N7O5/c1-34-23(33)29-9-7-13(8-10-29)3-2-4-17-27-19(24)18-20(28-17)30(12-25-18)22-15(31)11-16(35-22)21(32)26-14-5-6-14/h12-16,22,31H,3,5-11H2,1H3,(H,26,32)(H2,24,27,28)/t15?,16-,22+/m0/s1. The van der Waals surface area contributed by atoms with Crippen LogP contribution in [0.15, 0.2) is 6.33 Å². The van der Waals surface area contributed by atoms with Crippen LogP contribution < -0.4 is 11.1 Å². The van der Waals surface area contributed by atoms with Crippen LogP contribution in [0.5, 0.6) is 0 Å². The maximum atomic E-state index is 12.4. The van der Waals surface area contributed by atoms with E-state index in [0.29, 0.717) is 36.6 Å². The van der Waals surface area contributed by atoms with E-state index in [2.05, 4.69) is 32.1 Å². The highest BCUT2D eigenvalue weighted by Crippen LogP contribution is 2.32. The topological polar surface area (TPSA) is 158 Å². The molecule has 2 aromatic rings. The molecule has 0 bridgehead atoms. The van der Waals surface area contributed by atoms with E-state index in [1.165, 1.54) is 13.4 Å². The zero-order valence-corrected chi connectivity index (χ0v) is 19.5. The first kappa shape index (κ1) is 23.3. The summed E-state index contributed by atoms with van der Waals surface area (Å²) in [5.74, 6) is 6.70. The first-order valence-corrected chi connectivity index (χ1v) is 11.9. The predicted octanol–water partition coefficient (Wildman–Crippen LogP) is 0.556. The number of hydrogen-bond donors (Lipinski definition) is 3. The number of rotatable bonds is 4. The Morgan fingerprint density at radius 2 is 2.06 bits per heavy atom. The lowest BCUT2D eigenvalue weighted by atomic mass is 9.94. The maximum Gasteiger partial charge on any atom is 0.409 e. The molecule has 2 aliphatic heterocycles. The van der Waals surface area contributed by atoms with Crippen molar-refractivity contribution in [1.29, 1.82) is 0 Å². The highest BCUT2D eigenvalue weighted by molar-refractivity contribution is 5.83. The molecule has 12 nitrogen and oxygen atoms in total. The summed E-state index contributed by atoms with van der Waals surface area (Å²) in [5.41, 5.74) is 6.87. The van der Waals surface area contributed by atoms with Gasteiger partial charge in [0.1, 0.15) is 17.7 Å². The van der Waals surface area contributed by atoms with Gasteiger partial charge in [-0.05, 0) is 37.5 Å². The third kappa shape index (κ3) is 5.01. The van der Waals surface area contributed by atoms with Gasteiger partial charge in [0.2, 0.25) is 11.7 Å². The lowest BCUT2D eigenvalue weighted by Crippen LogP contribution is -2.38. The minimum atomic E-state index is -0.899. The molecular formula is C23H29N7O5. The van der Waals surface area contributed by atoms with Crippen molar-refractivity contribution in [2.45, 2.75) is 63.0 Å². The van der Waals surface area contributed by atoms with Crippen molar-refractivity contribution in [2.24, 2.45) is 5.92 Å². The normalized spacial score (nSPS) is 24.7. The predicted molar refractivity (Wildman–Crippen MR) is 124 cm³/mol. The fourth-order valence-corrected chi connectivity index (χ4v) is 4.50. The SMILES string of the molecule is COC(=O)N1CCC(CC#Cc2nc(N)c3ncn([C@@H]4O[C@H](C(=O)NC5CC5)CC4O)c3n2)CC1. The van der Waals surface area contributed by atoms with Crippen LogP contribution in [0.3, 0.4) is 0 Å². The van der Waals surface area contributed by atoms with Crippen molar-refractivity contribution >= 4 is 29.0 Å². The van der Waals surface area contributed by atoms with Gasteiger partial charge < -0.3 is 30.5 Å². The number of ether oxygens (including phenoxy) is 2. The highest BCUT2D eigenvalue weighted by atomic mass is 16.5. The van der Waals surface area contributed by atoms with Gasteiger partial charge in [-0.25, -0.2) is 19.7 Å². The fourth-order valence-electron chi connectivity index (χ4n) is 4.50. The first-order chi connectivity index (χ1) is 16.9. The van der Waals surface area contributed by atoms with Crippen LogP contribution in [0.2, 0.25) is 0 Å². The third-order valence-electron chi connectivity index (χ3n) is 6.67. The van der Waals surface area contributed by atoms with Crippen molar-refractivity contribution < 1.29 is 24.2 Å². The average Bonchev–Trinajstić information content (AvgIpc) is 3.43. The number of anilines is 1. The van der Waals surface area contributed by atoms with Crippen LogP contribution in [0.25, 0.3) is 11.2 Å². The number of nitrogens with zero attached hydrogens (tertiary/aromatic N) is 5. The number of methoxy groups -OCH3 is 1. The lowest BCUT2D eigenvalue weighted by Gasteiger charge is -2.29. The van der Waals surface area contributed by atoms with Gasteiger partial charge in [0.05, 0.1) is 13.4 Å². The number of carbonyl (C=O) groups excluding carboxylic acids is 2. The minimum absolute atomic E-state index is 0.181. The van der Waals surface area contributed by atoms with Gasteiger partial charge in [-0.1, -0.05) is 5.92 Å². The van der Waals surface area contributed by atoms with Gasteiger partial charge in [0.15, 0.2) is 17.7 Å². The molecule has 0 aromatic carbocycles. The summed E-state index contributed by atoms with van der Waals surface area (Å²) in [7, 11) is 1.39. The van der Waals surface area contributed by atoms with Crippen LogP contribution >= 0.6 is 0 Å². The number of carbonyl (C=O) groups is 2. The van der Waals surface area contributed by atoms with Gasteiger partial charge in [-0.15, -0.1) is 0 Å². The summed E-state index contributed by atoms with van der Waals surface area (Å²) in [5, 5.41) is 13.5. The number of nitrogens with one attached hydrogen (secondary N) is 1. The van der Waals surface area contributed by atoms with E-state index in [-0.39, 0.29) is 36.1 Å². The zero-order chi connectivity index (χ0) is 24.5. The van der Waals surface area contributed by atoms with Crippen molar-refractivity contribution in [3.63, 3.8) is 0 Å². The molecule has 2 saturated heterocycles. The van der Waals surface area contributed by atoms with Gasteiger partial charge in [-0.3, -0.25) is 9.36 Å². The Kier molecular flexibility index (Phi) is 6.44. The zero-order valence-electron chi connectivity index (χ0n) is 19.5. The molecule has 1 saturated carbocycles. The summed E-state index contributed by atoms with van der Waals surface area (Å²) in [6.45, 7) is 1.30. The number of nitrogens with two attached hydrogens (primary N) is 1. The number of hydrogen-bond acceptors (Lipinski definition) is 9. The van der Waals surface area contributed by atoms with Crippen LogP contribution in [0.1, 0.15) is 50.6 Å². The molecule has 186 valence electrons. The van der Waals surface area contributed by atoms with Crippen LogP contribution in [0.4, 0.5) is 10.6 Å². The van der Waals surface area contributed by atoms with E-state index in [1.807, 2.05) is 0 Å². The fraction of sp³-hybridized carbons (Fsp3) is 0.609. The van der Waals surface area contributed by atoms with Gasteiger partial charge in [-0.2, -0.15) is 0 Å². The second kappa shape index (κ2) is 9.67. The summed E-state index contributed by atoms with van der Waals surface area (Å²) in [6.07, 6.45) is 3.23. The Morgan fingerprint density at radius 1 is 1.29 bits per heavy atom. The van der Waals surface area contributed by atoms with Crippen LogP contribution in [-0.4, -0.2) is 80.0 Å². The number of fused-ring (bicyclic) bond motifs is 1. The van der Waals surface area contributed by atoms with E-state index in [1.54, 1.807) is 9.47 Å². The molecule has 3 aliphatic rings. The molecule has 1 unspecified atom stereocenters. The molecule has 1 aliphatic carbocycles. The Balaban J connectivity index is 1.27. The number of piperidine rings is 1. The highest BCUT2D eigenvalue weighted by Gasteiger charge is 2.41. The Hall–Kier alpha value is -3.43. The lowest BCUT2D eigenvalue weighted by molar-refractivity contribution is -0.134. The summed E-state index contributed by atoms with van der Waals surface area (Å²) >= 11 is 0. The Bertz CT molecular complexity index is 1180. The quantitative estimate of drug-likeness (QED) is 0.528. The van der Waals surface area contributed by atoms with E-state index in [0.717, 1.165) is 25.7 Å². The average molecular weight is 484 g/mol. The van der Waals surface area contributed by atoms with Crippen molar-refractivity contribution in [1.82, 2.24) is 29.7 Å². The molecule has 2 aromatic heterocycles. The van der Waals surface area contributed by atoms with E-state index >= 15 is 0 Å². The minimum Gasteiger partial charge on any atom is -0.453 e. The smallest absolute Gasteiger partial charge is 0.409 e. The van der Waals surface area contributed by atoms with Gasteiger partial charge in [0, 0.05) is 32.0 Å². The largest absolute Gasteiger partial charge is 0.453 e.